The van der Waals surface area contributed by atoms with Crippen LogP contribution in [0.5, 0.6) is 5.75 Å². The van der Waals surface area contributed by atoms with Crippen LogP contribution in [-0.4, -0.2) is 12.2 Å². The Morgan fingerprint density at radius 3 is 2.21 bits per heavy atom. The van der Waals surface area contributed by atoms with Crippen LogP contribution < -0.4 is 4.74 Å². The van der Waals surface area contributed by atoms with Crippen LogP contribution in [0.2, 0.25) is 0 Å². The number of benzene rings is 2. The Morgan fingerprint density at radius 2 is 1.68 bits per heavy atom. The molecule has 2 aromatic carbocycles. The summed E-state index contributed by atoms with van der Waals surface area (Å²) in [5.74, 6) is -0.326. The Kier molecular flexibility index (Phi) is 3.92. The van der Waals surface area contributed by atoms with Crippen molar-refractivity contribution in [1.82, 2.24) is 0 Å². The van der Waals surface area contributed by atoms with Crippen LogP contribution in [0.4, 0.5) is 4.39 Å². The van der Waals surface area contributed by atoms with Gasteiger partial charge in [-0.05, 0) is 42.3 Å². The Bertz CT molecular complexity index is 579. The van der Waals surface area contributed by atoms with Crippen molar-refractivity contribution in [3.63, 3.8) is 0 Å². The second-order valence-corrected chi connectivity index (χ2v) is 5.34. The van der Waals surface area contributed by atoms with Gasteiger partial charge in [0, 0.05) is 4.47 Å². The molecule has 4 heteroatoms. The molecule has 0 aliphatic rings. The zero-order valence-corrected chi connectivity index (χ0v) is 12.2. The smallest absolute Gasteiger partial charge is 0.165 e. The number of hydrogen-bond acceptors (Lipinski definition) is 2. The van der Waals surface area contributed by atoms with Gasteiger partial charge in [0.05, 0.1) is 7.11 Å². The zero-order chi connectivity index (χ0) is 14.0. The lowest BCUT2D eigenvalue weighted by Crippen LogP contribution is -2.22. The van der Waals surface area contributed by atoms with Gasteiger partial charge in [-0.1, -0.05) is 34.1 Å². The van der Waals surface area contributed by atoms with Gasteiger partial charge in [0.2, 0.25) is 0 Å². The fraction of sp³-hybridized carbons (Fsp3) is 0.200. The summed E-state index contributed by atoms with van der Waals surface area (Å²) in [5.41, 5.74) is -0.0817. The molecule has 0 saturated carbocycles. The number of rotatable bonds is 3. The van der Waals surface area contributed by atoms with Crippen LogP contribution in [0, 0.1) is 5.82 Å². The Balaban J connectivity index is 2.43. The summed E-state index contributed by atoms with van der Waals surface area (Å²) in [6.07, 6.45) is 0. The molecule has 100 valence electrons. The van der Waals surface area contributed by atoms with Gasteiger partial charge in [0.1, 0.15) is 5.60 Å². The van der Waals surface area contributed by atoms with E-state index in [0.717, 1.165) is 4.47 Å². The molecule has 0 aromatic heterocycles. The van der Waals surface area contributed by atoms with E-state index >= 15 is 0 Å². The summed E-state index contributed by atoms with van der Waals surface area (Å²) in [5, 5.41) is 10.6. The minimum atomic E-state index is -1.26. The van der Waals surface area contributed by atoms with Crippen LogP contribution in [0.1, 0.15) is 18.1 Å². The highest BCUT2D eigenvalue weighted by Gasteiger charge is 2.26. The van der Waals surface area contributed by atoms with Crippen LogP contribution in [-0.2, 0) is 5.60 Å². The molecule has 0 amide bonds. The molecule has 0 fully saturated rings. The van der Waals surface area contributed by atoms with Gasteiger partial charge in [-0.3, -0.25) is 0 Å². The normalized spacial score (nSPS) is 13.9. The lowest BCUT2D eigenvalue weighted by molar-refractivity contribution is 0.102. The van der Waals surface area contributed by atoms with Crippen LogP contribution in [0.3, 0.4) is 0 Å². The molecule has 0 aliphatic heterocycles. The maximum atomic E-state index is 13.7. The van der Waals surface area contributed by atoms with E-state index in [1.165, 1.54) is 19.2 Å². The van der Waals surface area contributed by atoms with Crippen LogP contribution >= 0.6 is 15.9 Å². The van der Waals surface area contributed by atoms with E-state index in [-0.39, 0.29) is 5.75 Å². The summed E-state index contributed by atoms with van der Waals surface area (Å²) in [6.45, 7) is 1.64. The highest BCUT2D eigenvalue weighted by molar-refractivity contribution is 9.10. The average Bonchev–Trinajstić information content (AvgIpc) is 2.39. The van der Waals surface area contributed by atoms with E-state index in [1.54, 1.807) is 25.1 Å². The number of ether oxygens (including phenoxy) is 1. The SMILES string of the molecule is COc1ccc(C(C)(O)c2ccc(Br)cc2)cc1F. The molecule has 0 radical (unpaired) electrons. The third-order valence-corrected chi connectivity index (χ3v) is 3.65. The summed E-state index contributed by atoms with van der Waals surface area (Å²) < 4.78 is 19.5. The van der Waals surface area contributed by atoms with Gasteiger partial charge in [-0.2, -0.15) is 0 Å². The summed E-state index contributed by atoms with van der Waals surface area (Å²) in [7, 11) is 1.41. The molecule has 1 N–H and O–H groups in total. The third-order valence-electron chi connectivity index (χ3n) is 3.12. The van der Waals surface area contributed by atoms with Crippen molar-refractivity contribution in [1.29, 1.82) is 0 Å². The molecule has 0 spiro atoms. The first-order valence-electron chi connectivity index (χ1n) is 5.77. The third kappa shape index (κ3) is 2.80. The van der Waals surface area contributed by atoms with E-state index in [4.69, 9.17) is 4.74 Å². The minimum Gasteiger partial charge on any atom is -0.494 e. The summed E-state index contributed by atoms with van der Waals surface area (Å²) >= 11 is 3.34. The minimum absolute atomic E-state index is 0.162. The first kappa shape index (κ1) is 14.0. The van der Waals surface area contributed by atoms with Crippen molar-refractivity contribution in [2.24, 2.45) is 0 Å². The van der Waals surface area contributed by atoms with Crippen molar-refractivity contribution in [3.05, 3.63) is 63.9 Å². The van der Waals surface area contributed by atoms with Gasteiger partial charge in [-0.25, -0.2) is 4.39 Å². The predicted octanol–water partition coefficient (Wildman–Crippen LogP) is 3.85. The molecule has 1 atom stereocenters. The highest BCUT2D eigenvalue weighted by Crippen LogP contribution is 2.32. The lowest BCUT2D eigenvalue weighted by Gasteiger charge is -2.25. The summed E-state index contributed by atoms with van der Waals surface area (Å²) in [6, 6.07) is 11.7. The van der Waals surface area contributed by atoms with Crippen molar-refractivity contribution in [2.75, 3.05) is 7.11 Å². The van der Waals surface area contributed by atoms with Crippen molar-refractivity contribution in [3.8, 4) is 5.75 Å². The van der Waals surface area contributed by atoms with Gasteiger partial charge >= 0.3 is 0 Å². The quantitative estimate of drug-likeness (QED) is 0.929. The van der Waals surface area contributed by atoms with E-state index in [0.29, 0.717) is 11.1 Å². The van der Waals surface area contributed by atoms with Crippen LogP contribution in [0.15, 0.2) is 46.9 Å². The van der Waals surface area contributed by atoms with E-state index in [1.807, 2.05) is 12.1 Å². The lowest BCUT2D eigenvalue weighted by atomic mass is 9.88. The van der Waals surface area contributed by atoms with Crippen molar-refractivity contribution in [2.45, 2.75) is 12.5 Å². The number of hydrogen-bond donors (Lipinski definition) is 1. The molecule has 0 saturated heterocycles. The molecular formula is C15H14BrFO2. The number of halogens is 2. The maximum absolute atomic E-state index is 13.7. The molecule has 2 aromatic rings. The zero-order valence-electron chi connectivity index (χ0n) is 10.7. The topological polar surface area (TPSA) is 29.5 Å². The van der Waals surface area contributed by atoms with Crippen LogP contribution in [0.25, 0.3) is 0 Å². The number of aliphatic hydroxyl groups is 1. The monoisotopic (exact) mass is 324 g/mol. The Labute approximate surface area is 120 Å². The van der Waals surface area contributed by atoms with Crippen molar-refractivity contribution < 1.29 is 14.2 Å². The molecule has 2 nitrogen and oxygen atoms in total. The standard InChI is InChI=1S/C15H14BrFO2/c1-15(18,10-3-6-12(16)7-4-10)11-5-8-14(19-2)13(17)9-11/h3-9,18H,1-2H3. The Morgan fingerprint density at radius 1 is 1.11 bits per heavy atom. The second-order valence-electron chi connectivity index (χ2n) is 4.43. The van der Waals surface area contributed by atoms with E-state index < -0.39 is 11.4 Å². The maximum Gasteiger partial charge on any atom is 0.165 e. The molecule has 0 aliphatic carbocycles. The second kappa shape index (κ2) is 5.31. The van der Waals surface area contributed by atoms with Gasteiger partial charge in [0.15, 0.2) is 11.6 Å². The fourth-order valence-electron chi connectivity index (χ4n) is 1.91. The average molecular weight is 325 g/mol. The molecular weight excluding hydrogens is 311 g/mol. The Hall–Kier alpha value is -1.39. The highest BCUT2D eigenvalue weighted by atomic mass is 79.9. The fourth-order valence-corrected chi connectivity index (χ4v) is 2.17. The van der Waals surface area contributed by atoms with Crippen molar-refractivity contribution >= 4 is 15.9 Å². The first-order valence-corrected chi connectivity index (χ1v) is 6.57. The molecule has 19 heavy (non-hydrogen) atoms. The molecule has 0 bridgehead atoms. The molecule has 2 rings (SSSR count). The van der Waals surface area contributed by atoms with Gasteiger partial charge < -0.3 is 9.84 Å². The van der Waals surface area contributed by atoms with Gasteiger partial charge in [-0.15, -0.1) is 0 Å². The predicted molar refractivity (Wildman–Crippen MR) is 75.8 cm³/mol. The van der Waals surface area contributed by atoms with E-state index in [9.17, 15) is 9.50 Å². The van der Waals surface area contributed by atoms with E-state index in [2.05, 4.69) is 15.9 Å². The number of methoxy groups -OCH3 is 1. The summed E-state index contributed by atoms with van der Waals surface area (Å²) in [4.78, 5) is 0. The largest absolute Gasteiger partial charge is 0.494 e. The first-order chi connectivity index (χ1) is 8.95. The van der Waals surface area contributed by atoms with Gasteiger partial charge in [0.25, 0.3) is 0 Å². The molecule has 0 heterocycles. The molecule has 1 unspecified atom stereocenters.